The number of hydrazone groups is 1. The molecule has 0 saturated carbocycles. The highest BCUT2D eigenvalue weighted by Gasteiger charge is 2.10. The average Bonchev–Trinajstić information content (AvgIpc) is 2.79. The van der Waals surface area contributed by atoms with Gasteiger partial charge in [-0.3, -0.25) is 9.78 Å². The summed E-state index contributed by atoms with van der Waals surface area (Å²) in [5.74, 6) is 1.41. The zero-order chi connectivity index (χ0) is 22.2. The van der Waals surface area contributed by atoms with Crippen LogP contribution in [0.25, 0.3) is 11.3 Å². The molecular formula is C24H26N4O3. The maximum atomic E-state index is 12.5. The van der Waals surface area contributed by atoms with Crippen molar-refractivity contribution in [3.05, 3.63) is 71.7 Å². The molecule has 0 saturated heterocycles. The van der Waals surface area contributed by atoms with Gasteiger partial charge in [0, 0.05) is 17.2 Å². The Kier molecular flexibility index (Phi) is 7.32. The summed E-state index contributed by atoms with van der Waals surface area (Å²) in [6, 6.07) is 13.5. The number of carbonyl (C=O) groups is 1. The van der Waals surface area contributed by atoms with E-state index in [0.29, 0.717) is 23.1 Å². The monoisotopic (exact) mass is 418 g/mol. The molecule has 1 aromatic heterocycles. The Labute approximate surface area is 182 Å². The zero-order valence-corrected chi connectivity index (χ0v) is 18.1. The smallest absolute Gasteiger partial charge is 0.291 e. The summed E-state index contributed by atoms with van der Waals surface area (Å²) in [4.78, 5) is 21.0. The first-order valence-electron chi connectivity index (χ1n) is 9.96. The summed E-state index contributed by atoms with van der Waals surface area (Å²) in [7, 11) is 3.14. The molecule has 160 valence electrons. The van der Waals surface area contributed by atoms with Gasteiger partial charge in [0.1, 0.15) is 17.2 Å². The van der Waals surface area contributed by atoms with Crippen molar-refractivity contribution in [2.24, 2.45) is 11.0 Å². The lowest BCUT2D eigenvalue weighted by Crippen LogP contribution is -2.19. The Morgan fingerprint density at radius 3 is 2.35 bits per heavy atom. The number of ether oxygens (including phenoxy) is 2. The lowest BCUT2D eigenvalue weighted by atomic mass is 10.0. The van der Waals surface area contributed by atoms with E-state index in [1.807, 2.05) is 12.1 Å². The van der Waals surface area contributed by atoms with Gasteiger partial charge in [-0.25, -0.2) is 10.4 Å². The molecule has 3 aromatic rings. The van der Waals surface area contributed by atoms with Crippen molar-refractivity contribution in [3.63, 3.8) is 0 Å². The van der Waals surface area contributed by atoms with Crippen LogP contribution in [0.2, 0.25) is 0 Å². The van der Waals surface area contributed by atoms with Crippen molar-refractivity contribution < 1.29 is 14.3 Å². The maximum absolute atomic E-state index is 12.5. The van der Waals surface area contributed by atoms with Crippen molar-refractivity contribution in [2.45, 2.75) is 20.3 Å². The lowest BCUT2D eigenvalue weighted by molar-refractivity contribution is 0.0950. The molecule has 2 aromatic carbocycles. The van der Waals surface area contributed by atoms with Gasteiger partial charge in [-0.1, -0.05) is 38.1 Å². The molecule has 7 heteroatoms. The molecule has 0 bridgehead atoms. The third kappa shape index (κ3) is 6.12. The van der Waals surface area contributed by atoms with Crippen LogP contribution in [0.1, 0.15) is 35.5 Å². The van der Waals surface area contributed by atoms with E-state index in [1.165, 1.54) is 18.0 Å². The minimum absolute atomic E-state index is 0.184. The number of methoxy groups -OCH3 is 2. The highest BCUT2D eigenvalue weighted by atomic mass is 16.5. The fraction of sp³-hybridized carbons (Fsp3) is 0.250. The minimum Gasteiger partial charge on any atom is -0.497 e. The Balaban J connectivity index is 1.70. The molecule has 1 amide bonds. The van der Waals surface area contributed by atoms with Gasteiger partial charge >= 0.3 is 0 Å². The molecule has 0 spiro atoms. The number of amides is 1. The van der Waals surface area contributed by atoms with E-state index in [1.54, 1.807) is 38.6 Å². The third-order valence-corrected chi connectivity index (χ3v) is 4.51. The molecule has 0 radical (unpaired) electrons. The number of rotatable bonds is 8. The van der Waals surface area contributed by atoms with E-state index in [2.05, 4.69) is 46.5 Å². The fourth-order valence-electron chi connectivity index (χ4n) is 3.02. The zero-order valence-electron chi connectivity index (χ0n) is 18.1. The normalized spacial score (nSPS) is 11.0. The Hall–Kier alpha value is -3.74. The number of carbonyl (C=O) groups excluding carboxylic acids is 1. The van der Waals surface area contributed by atoms with E-state index in [-0.39, 0.29) is 5.69 Å². The summed E-state index contributed by atoms with van der Waals surface area (Å²) in [5.41, 5.74) is 6.18. The second kappa shape index (κ2) is 10.3. The van der Waals surface area contributed by atoms with Crippen molar-refractivity contribution in [1.82, 2.24) is 15.4 Å². The van der Waals surface area contributed by atoms with Crippen molar-refractivity contribution in [3.8, 4) is 22.8 Å². The number of hydrogen-bond donors (Lipinski definition) is 1. The van der Waals surface area contributed by atoms with Crippen LogP contribution in [-0.2, 0) is 6.42 Å². The second-order valence-electron chi connectivity index (χ2n) is 7.43. The molecule has 0 unspecified atom stereocenters. The van der Waals surface area contributed by atoms with Gasteiger partial charge in [-0.15, -0.1) is 0 Å². The number of hydrogen-bond acceptors (Lipinski definition) is 6. The summed E-state index contributed by atoms with van der Waals surface area (Å²) in [6.45, 7) is 4.38. The van der Waals surface area contributed by atoms with Crippen molar-refractivity contribution in [2.75, 3.05) is 14.2 Å². The summed E-state index contributed by atoms with van der Waals surface area (Å²) < 4.78 is 10.5. The number of benzene rings is 2. The van der Waals surface area contributed by atoms with Crippen LogP contribution in [0.4, 0.5) is 0 Å². The van der Waals surface area contributed by atoms with Crippen LogP contribution in [0.5, 0.6) is 11.5 Å². The van der Waals surface area contributed by atoms with Gasteiger partial charge in [0.15, 0.2) is 0 Å². The second-order valence-corrected chi connectivity index (χ2v) is 7.43. The number of nitrogens with zero attached hydrogens (tertiary/aromatic N) is 3. The Morgan fingerprint density at radius 1 is 1.06 bits per heavy atom. The highest BCUT2D eigenvalue weighted by Crippen LogP contribution is 2.21. The van der Waals surface area contributed by atoms with Crippen molar-refractivity contribution >= 4 is 12.1 Å². The van der Waals surface area contributed by atoms with Crippen LogP contribution in [0.15, 0.2) is 60.0 Å². The summed E-state index contributed by atoms with van der Waals surface area (Å²) >= 11 is 0. The molecule has 0 fully saturated rings. The van der Waals surface area contributed by atoms with E-state index in [0.717, 1.165) is 17.5 Å². The van der Waals surface area contributed by atoms with E-state index >= 15 is 0 Å². The average molecular weight is 418 g/mol. The topological polar surface area (TPSA) is 85.7 Å². The molecule has 1 heterocycles. The molecule has 3 rings (SSSR count). The van der Waals surface area contributed by atoms with Crippen LogP contribution in [-0.4, -0.2) is 36.3 Å². The quantitative estimate of drug-likeness (QED) is 0.439. The molecule has 1 N–H and O–H groups in total. The van der Waals surface area contributed by atoms with Crippen LogP contribution >= 0.6 is 0 Å². The maximum Gasteiger partial charge on any atom is 0.291 e. The molecule has 0 aliphatic heterocycles. The fourth-order valence-corrected chi connectivity index (χ4v) is 3.02. The lowest BCUT2D eigenvalue weighted by Gasteiger charge is -2.07. The van der Waals surface area contributed by atoms with Gasteiger partial charge in [-0.05, 0) is 30.0 Å². The van der Waals surface area contributed by atoms with E-state index in [4.69, 9.17) is 9.47 Å². The molecule has 7 nitrogen and oxygen atoms in total. The third-order valence-electron chi connectivity index (χ3n) is 4.51. The standard InChI is InChI=1S/C24H26N4O3/c1-16(2)9-17-5-7-19(8-6-17)22-14-25-15-23(27-22)24(29)28-26-13-18-10-20(30-3)12-21(11-18)31-4/h5-8,10-16H,9H2,1-4H3,(H,28,29)/b26-13+. The van der Waals surface area contributed by atoms with Crippen molar-refractivity contribution in [1.29, 1.82) is 0 Å². The van der Waals surface area contributed by atoms with Gasteiger partial charge in [0.05, 0.1) is 38.5 Å². The molecule has 0 aliphatic rings. The Morgan fingerprint density at radius 2 is 1.74 bits per heavy atom. The highest BCUT2D eigenvalue weighted by molar-refractivity contribution is 5.93. The van der Waals surface area contributed by atoms with Crippen LogP contribution < -0.4 is 14.9 Å². The summed E-state index contributed by atoms with van der Waals surface area (Å²) in [6.07, 6.45) is 5.58. The predicted octanol–water partition coefficient (Wildman–Crippen LogP) is 4.12. The molecule has 0 aliphatic carbocycles. The molecular weight excluding hydrogens is 392 g/mol. The van der Waals surface area contributed by atoms with Gasteiger partial charge in [0.25, 0.3) is 5.91 Å². The minimum atomic E-state index is -0.447. The van der Waals surface area contributed by atoms with E-state index < -0.39 is 5.91 Å². The SMILES string of the molecule is COc1cc(/C=N/NC(=O)c2cncc(-c3ccc(CC(C)C)cc3)n2)cc(OC)c1. The van der Waals surface area contributed by atoms with Gasteiger partial charge in [0.2, 0.25) is 0 Å². The number of nitrogens with one attached hydrogen (secondary N) is 1. The first-order chi connectivity index (χ1) is 15.0. The summed E-state index contributed by atoms with van der Waals surface area (Å²) in [5, 5.41) is 4.01. The predicted molar refractivity (Wildman–Crippen MR) is 121 cm³/mol. The molecule has 0 atom stereocenters. The Bertz CT molecular complexity index is 1040. The molecule has 31 heavy (non-hydrogen) atoms. The largest absolute Gasteiger partial charge is 0.497 e. The first-order valence-corrected chi connectivity index (χ1v) is 9.96. The van der Waals surface area contributed by atoms with Crippen LogP contribution in [0, 0.1) is 5.92 Å². The van der Waals surface area contributed by atoms with Gasteiger partial charge in [-0.2, -0.15) is 5.10 Å². The first kappa shape index (κ1) is 22.0. The van der Waals surface area contributed by atoms with Gasteiger partial charge < -0.3 is 9.47 Å². The number of aromatic nitrogens is 2. The van der Waals surface area contributed by atoms with Crippen LogP contribution in [0.3, 0.4) is 0 Å². The van der Waals surface area contributed by atoms with E-state index in [9.17, 15) is 4.79 Å².